The molecule has 2 aromatic heterocycles. The van der Waals surface area contributed by atoms with Crippen LogP contribution in [0.5, 0.6) is 0 Å². The molecule has 0 saturated heterocycles. The minimum absolute atomic E-state index is 0.136. The highest BCUT2D eigenvalue weighted by atomic mass is 79.9. The molecule has 88 valence electrons. The van der Waals surface area contributed by atoms with Crippen LogP contribution in [0.15, 0.2) is 39.0 Å². The molecule has 0 amide bonds. The summed E-state index contributed by atoms with van der Waals surface area (Å²) in [4.78, 5) is 13.2. The Labute approximate surface area is 116 Å². The molecule has 2 rings (SSSR count). The van der Waals surface area contributed by atoms with Crippen LogP contribution in [0, 0.1) is 0 Å². The van der Waals surface area contributed by atoms with Crippen molar-refractivity contribution in [2.45, 2.75) is 6.54 Å². The van der Waals surface area contributed by atoms with Gasteiger partial charge in [0.05, 0.1) is 15.9 Å². The number of aromatic nitrogens is 1. The zero-order valence-corrected chi connectivity index (χ0v) is 11.9. The smallest absolute Gasteiger partial charge is 0.261 e. The Bertz CT molecular complexity index is 618. The van der Waals surface area contributed by atoms with Crippen molar-refractivity contribution in [2.75, 3.05) is 0 Å². The van der Waals surface area contributed by atoms with Gasteiger partial charge in [0.1, 0.15) is 4.99 Å². The van der Waals surface area contributed by atoms with Gasteiger partial charge in [0, 0.05) is 11.1 Å². The van der Waals surface area contributed by atoms with Gasteiger partial charge in [-0.15, -0.1) is 11.3 Å². The summed E-state index contributed by atoms with van der Waals surface area (Å²) in [5.74, 6) is 0. The molecule has 2 heterocycles. The van der Waals surface area contributed by atoms with Crippen LogP contribution in [0.4, 0.5) is 0 Å². The molecule has 0 aliphatic carbocycles. The van der Waals surface area contributed by atoms with Gasteiger partial charge in [0.25, 0.3) is 5.56 Å². The summed E-state index contributed by atoms with van der Waals surface area (Å²) in [5.41, 5.74) is 5.73. The molecule has 2 N–H and O–H groups in total. The van der Waals surface area contributed by atoms with E-state index in [0.29, 0.717) is 12.1 Å². The molecular formula is C11H9BrN2OS2. The normalized spacial score (nSPS) is 10.4. The third-order valence-corrected chi connectivity index (χ3v) is 4.07. The molecule has 0 radical (unpaired) electrons. The summed E-state index contributed by atoms with van der Waals surface area (Å²) in [5, 5.41) is 0. The standard InChI is InChI=1S/C11H9BrN2OS2/c12-9-4-3-7(17-9)6-14-5-1-2-8(10(13)16)11(14)15/h1-5H,6H2,(H2,13,16). The van der Waals surface area contributed by atoms with Crippen molar-refractivity contribution in [1.29, 1.82) is 0 Å². The Morgan fingerprint density at radius 1 is 1.47 bits per heavy atom. The highest BCUT2D eigenvalue weighted by Crippen LogP contribution is 2.22. The lowest BCUT2D eigenvalue weighted by Crippen LogP contribution is -2.28. The molecule has 0 aliphatic rings. The average Bonchev–Trinajstić information content (AvgIpc) is 2.67. The molecule has 17 heavy (non-hydrogen) atoms. The third kappa shape index (κ3) is 2.83. The van der Waals surface area contributed by atoms with Gasteiger partial charge >= 0.3 is 0 Å². The largest absolute Gasteiger partial charge is 0.389 e. The molecule has 6 heteroatoms. The van der Waals surface area contributed by atoms with Gasteiger partial charge < -0.3 is 10.3 Å². The Kier molecular flexibility index (Phi) is 3.76. The highest BCUT2D eigenvalue weighted by molar-refractivity contribution is 9.11. The number of hydrogen-bond donors (Lipinski definition) is 1. The first-order valence-electron chi connectivity index (χ1n) is 4.81. The van der Waals surface area contributed by atoms with Crippen molar-refractivity contribution in [3.8, 4) is 0 Å². The lowest BCUT2D eigenvalue weighted by Gasteiger charge is -2.05. The van der Waals surface area contributed by atoms with Gasteiger partial charge in [-0.05, 0) is 40.2 Å². The van der Waals surface area contributed by atoms with Crippen molar-refractivity contribution in [2.24, 2.45) is 5.73 Å². The van der Waals surface area contributed by atoms with Gasteiger partial charge in [-0.3, -0.25) is 4.79 Å². The number of halogens is 1. The average molecular weight is 329 g/mol. The lowest BCUT2D eigenvalue weighted by atomic mass is 10.3. The monoisotopic (exact) mass is 328 g/mol. The minimum atomic E-state index is -0.149. The Balaban J connectivity index is 2.37. The van der Waals surface area contributed by atoms with Crippen LogP contribution in [-0.2, 0) is 6.54 Å². The molecule has 0 atom stereocenters. The molecule has 0 spiro atoms. The second kappa shape index (κ2) is 5.12. The molecule has 0 saturated carbocycles. The number of rotatable bonds is 3. The first-order valence-corrected chi connectivity index (χ1v) is 6.83. The molecule has 3 nitrogen and oxygen atoms in total. The van der Waals surface area contributed by atoms with Crippen LogP contribution in [0.1, 0.15) is 10.4 Å². The maximum Gasteiger partial charge on any atom is 0.261 e. The fourth-order valence-electron chi connectivity index (χ4n) is 1.45. The topological polar surface area (TPSA) is 48.0 Å². The molecular weight excluding hydrogens is 320 g/mol. The number of hydrogen-bond acceptors (Lipinski definition) is 3. The Morgan fingerprint density at radius 2 is 2.24 bits per heavy atom. The van der Waals surface area contributed by atoms with Crippen LogP contribution in [0.2, 0.25) is 0 Å². The van der Waals surface area contributed by atoms with Crippen molar-refractivity contribution < 1.29 is 0 Å². The van der Waals surface area contributed by atoms with Gasteiger partial charge in [-0.25, -0.2) is 0 Å². The van der Waals surface area contributed by atoms with E-state index < -0.39 is 0 Å². The zero-order chi connectivity index (χ0) is 12.4. The van der Waals surface area contributed by atoms with Crippen LogP contribution >= 0.6 is 39.5 Å². The van der Waals surface area contributed by atoms with E-state index in [9.17, 15) is 4.79 Å². The summed E-state index contributed by atoms with van der Waals surface area (Å²) in [6.07, 6.45) is 1.73. The van der Waals surface area contributed by atoms with E-state index in [0.717, 1.165) is 8.66 Å². The summed E-state index contributed by atoms with van der Waals surface area (Å²) in [6.45, 7) is 0.533. The Hall–Kier alpha value is -0.980. The summed E-state index contributed by atoms with van der Waals surface area (Å²) < 4.78 is 2.65. The zero-order valence-electron chi connectivity index (χ0n) is 8.72. The van der Waals surface area contributed by atoms with E-state index in [4.69, 9.17) is 18.0 Å². The highest BCUT2D eigenvalue weighted by Gasteiger charge is 2.06. The first kappa shape index (κ1) is 12.5. The molecule has 0 unspecified atom stereocenters. The predicted molar refractivity (Wildman–Crippen MR) is 77.7 cm³/mol. The van der Waals surface area contributed by atoms with Gasteiger partial charge in [-0.2, -0.15) is 0 Å². The van der Waals surface area contributed by atoms with Crippen molar-refractivity contribution in [1.82, 2.24) is 4.57 Å². The van der Waals surface area contributed by atoms with E-state index in [-0.39, 0.29) is 10.5 Å². The van der Waals surface area contributed by atoms with E-state index in [1.165, 1.54) is 0 Å². The number of thiophene rings is 1. The molecule has 0 fully saturated rings. The van der Waals surface area contributed by atoms with Gasteiger partial charge in [0.2, 0.25) is 0 Å². The fourth-order valence-corrected chi connectivity index (χ4v) is 3.09. The maximum absolute atomic E-state index is 12.0. The maximum atomic E-state index is 12.0. The van der Waals surface area contributed by atoms with E-state index in [2.05, 4.69) is 15.9 Å². The fraction of sp³-hybridized carbons (Fsp3) is 0.0909. The van der Waals surface area contributed by atoms with E-state index >= 15 is 0 Å². The van der Waals surface area contributed by atoms with Crippen LogP contribution in [0.3, 0.4) is 0 Å². The second-order valence-electron chi connectivity index (χ2n) is 3.42. The number of nitrogens with zero attached hydrogens (tertiary/aromatic N) is 1. The van der Waals surface area contributed by atoms with E-state index in [1.807, 2.05) is 12.1 Å². The number of nitrogens with two attached hydrogens (primary N) is 1. The minimum Gasteiger partial charge on any atom is -0.389 e. The number of thiocarbonyl (C=S) groups is 1. The third-order valence-electron chi connectivity index (χ3n) is 2.24. The predicted octanol–water partition coefficient (Wildman–Crippen LogP) is 2.35. The molecule has 2 aromatic rings. The van der Waals surface area contributed by atoms with Crippen molar-refractivity contribution >= 4 is 44.5 Å². The molecule has 0 bridgehead atoms. The number of pyridine rings is 1. The molecule has 0 aliphatic heterocycles. The Morgan fingerprint density at radius 3 is 2.82 bits per heavy atom. The summed E-state index contributed by atoms with van der Waals surface area (Å²) in [6, 6.07) is 7.36. The summed E-state index contributed by atoms with van der Waals surface area (Å²) >= 11 is 9.83. The second-order valence-corrected chi connectivity index (χ2v) is 6.41. The van der Waals surface area contributed by atoms with Crippen LogP contribution < -0.4 is 11.3 Å². The van der Waals surface area contributed by atoms with Gasteiger partial charge in [0.15, 0.2) is 0 Å². The lowest BCUT2D eigenvalue weighted by molar-refractivity contribution is 0.768. The van der Waals surface area contributed by atoms with Crippen molar-refractivity contribution in [3.63, 3.8) is 0 Å². The van der Waals surface area contributed by atoms with Crippen LogP contribution in [-0.4, -0.2) is 9.56 Å². The SMILES string of the molecule is NC(=S)c1cccn(Cc2ccc(Br)s2)c1=O. The first-order chi connectivity index (χ1) is 8.08. The van der Waals surface area contributed by atoms with Crippen LogP contribution in [0.25, 0.3) is 0 Å². The summed E-state index contributed by atoms with van der Waals surface area (Å²) in [7, 11) is 0. The quantitative estimate of drug-likeness (QED) is 0.880. The van der Waals surface area contributed by atoms with Gasteiger partial charge in [-0.1, -0.05) is 12.2 Å². The van der Waals surface area contributed by atoms with E-state index in [1.54, 1.807) is 34.2 Å². The van der Waals surface area contributed by atoms with Crippen molar-refractivity contribution in [3.05, 3.63) is 55.0 Å². The molecule has 0 aromatic carbocycles.